The van der Waals surface area contributed by atoms with Gasteiger partial charge in [0.2, 0.25) is 5.28 Å². The van der Waals surface area contributed by atoms with Crippen LogP contribution in [-0.2, 0) is 9.47 Å². The van der Waals surface area contributed by atoms with Crippen LogP contribution in [0.2, 0.25) is 5.28 Å². The fourth-order valence-electron chi connectivity index (χ4n) is 2.73. The Morgan fingerprint density at radius 1 is 1.26 bits per heavy atom. The summed E-state index contributed by atoms with van der Waals surface area (Å²) < 4.78 is 13.6. The van der Waals surface area contributed by atoms with Crippen molar-refractivity contribution < 1.29 is 9.47 Å². The van der Waals surface area contributed by atoms with E-state index in [2.05, 4.69) is 28.4 Å². The minimum atomic E-state index is -0.467. The van der Waals surface area contributed by atoms with E-state index < -0.39 is 6.29 Å². The summed E-state index contributed by atoms with van der Waals surface area (Å²) in [5.41, 5.74) is 7.68. The van der Waals surface area contributed by atoms with Crippen LogP contribution in [0.5, 0.6) is 0 Å². The van der Waals surface area contributed by atoms with Gasteiger partial charge in [0, 0.05) is 31.3 Å². The van der Waals surface area contributed by atoms with Crippen LogP contribution in [0, 0.1) is 5.92 Å². The molecular formula is C16H25ClN4O2. The number of halogens is 1. The predicted molar refractivity (Wildman–Crippen MR) is 91.5 cm³/mol. The third kappa shape index (κ3) is 3.83. The second-order valence-corrected chi connectivity index (χ2v) is 5.98. The molecule has 0 saturated carbocycles. The summed E-state index contributed by atoms with van der Waals surface area (Å²) in [5.74, 6) is 0.326. The van der Waals surface area contributed by atoms with Gasteiger partial charge in [0.25, 0.3) is 0 Å². The number of rotatable bonds is 8. The maximum Gasteiger partial charge on any atom is 0.224 e. The summed E-state index contributed by atoms with van der Waals surface area (Å²) in [4.78, 5) is 8.47. The fourth-order valence-corrected chi connectivity index (χ4v) is 2.86. The van der Waals surface area contributed by atoms with E-state index in [-0.39, 0.29) is 11.3 Å². The monoisotopic (exact) mass is 340 g/mol. The zero-order valence-corrected chi connectivity index (χ0v) is 14.9. The van der Waals surface area contributed by atoms with Crippen LogP contribution in [0.15, 0.2) is 12.3 Å². The summed E-state index contributed by atoms with van der Waals surface area (Å²) in [7, 11) is 0. The van der Waals surface area contributed by atoms with Crippen LogP contribution >= 0.6 is 11.6 Å². The quantitative estimate of drug-likeness (QED) is 0.589. The molecule has 7 heteroatoms. The highest BCUT2D eigenvalue weighted by atomic mass is 35.5. The molecule has 0 radical (unpaired) electrons. The molecule has 2 aromatic heterocycles. The SMILES string of the molecule is CCOC(OCC)c1cc2cnc(Cl)nc2n1C(CN)C(C)C. The van der Waals surface area contributed by atoms with Gasteiger partial charge < -0.3 is 19.8 Å². The van der Waals surface area contributed by atoms with E-state index in [4.69, 9.17) is 26.8 Å². The molecule has 0 spiro atoms. The lowest BCUT2D eigenvalue weighted by atomic mass is 10.0. The van der Waals surface area contributed by atoms with Crippen molar-refractivity contribution in [1.29, 1.82) is 0 Å². The van der Waals surface area contributed by atoms with Crippen LogP contribution in [0.3, 0.4) is 0 Å². The van der Waals surface area contributed by atoms with E-state index in [0.29, 0.717) is 25.7 Å². The number of nitrogens with two attached hydrogens (primary N) is 1. The van der Waals surface area contributed by atoms with E-state index >= 15 is 0 Å². The maximum atomic E-state index is 6.03. The molecule has 2 N–H and O–H groups in total. The second kappa shape index (κ2) is 8.06. The first-order chi connectivity index (χ1) is 11.0. The van der Waals surface area contributed by atoms with E-state index in [1.807, 2.05) is 19.9 Å². The molecule has 0 aromatic carbocycles. The Morgan fingerprint density at radius 3 is 2.43 bits per heavy atom. The lowest BCUT2D eigenvalue weighted by molar-refractivity contribution is -0.144. The van der Waals surface area contributed by atoms with Gasteiger partial charge >= 0.3 is 0 Å². The average Bonchev–Trinajstić information content (AvgIpc) is 2.86. The van der Waals surface area contributed by atoms with Gasteiger partial charge in [-0.3, -0.25) is 0 Å². The van der Waals surface area contributed by atoms with Gasteiger partial charge in [-0.1, -0.05) is 13.8 Å². The number of nitrogens with zero attached hydrogens (tertiary/aromatic N) is 3. The van der Waals surface area contributed by atoms with Crippen LogP contribution in [0.1, 0.15) is 45.7 Å². The molecule has 0 fully saturated rings. The van der Waals surface area contributed by atoms with Gasteiger partial charge in [-0.2, -0.15) is 4.98 Å². The van der Waals surface area contributed by atoms with Gasteiger partial charge in [-0.25, -0.2) is 4.98 Å². The molecule has 2 rings (SSSR count). The van der Waals surface area contributed by atoms with Gasteiger partial charge in [-0.15, -0.1) is 0 Å². The average molecular weight is 341 g/mol. The minimum Gasteiger partial charge on any atom is -0.347 e. The Bertz CT molecular complexity index is 638. The molecule has 2 heterocycles. The standard InChI is InChI=1S/C16H25ClN4O2/c1-5-22-15(23-6-2)12-7-11-9-19-16(17)20-14(11)21(12)13(8-18)10(3)4/h7,9-10,13,15H,5-6,8,18H2,1-4H3. The van der Waals surface area contributed by atoms with E-state index in [9.17, 15) is 0 Å². The number of hydrogen-bond acceptors (Lipinski definition) is 5. The van der Waals surface area contributed by atoms with Gasteiger partial charge in [-0.05, 0) is 37.4 Å². The molecule has 0 saturated heterocycles. The maximum absolute atomic E-state index is 6.03. The molecule has 0 aliphatic rings. The predicted octanol–water partition coefficient (Wildman–Crippen LogP) is 3.31. The molecule has 1 atom stereocenters. The topological polar surface area (TPSA) is 75.2 Å². The second-order valence-electron chi connectivity index (χ2n) is 5.65. The molecule has 2 aromatic rings. The first-order valence-corrected chi connectivity index (χ1v) is 8.37. The first-order valence-electron chi connectivity index (χ1n) is 8.00. The van der Waals surface area contributed by atoms with E-state index in [1.165, 1.54) is 0 Å². The number of aromatic nitrogens is 3. The van der Waals surface area contributed by atoms with E-state index in [0.717, 1.165) is 16.7 Å². The smallest absolute Gasteiger partial charge is 0.224 e. The molecule has 0 aliphatic heterocycles. The van der Waals surface area contributed by atoms with Crippen molar-refractivity contribution in [3.63, 3.8) is 0 Å². The first kappa shape index (κ1) is 18.1. The normalized spacial score (nSPS) is 13.4. The largest absolute Gasteiger partial charge is 0.347 e. The number of fused-ring (bicyclic) bond motifs is 1. The van der Waals surface area contributed by atoms with Crippen LogP contribution in [0.25, 0.3) is 11.0 Å². The minimum absolute atomic E-state index is 0.0666. The molecule has 0 amide bonds. The lowest BCUT2D eigenvalue weighted by Gasteiger charge is -2.27. The van der Waals surface area contributed by atoms with E-state index in [1.54, 1.807) is 6.20 Å². The zero-order valence-electron chi connectivity index (χ0n) is 14.1. The summed E-state index contributed by atoms with van der Waals surface area (Å²) in [6, 6.07) is 2.06. The molecular weight excluding hydrogens is 316 g/mol. The fraction of sp³-hybridized carbons (Fsp3) is 0.625. The van der Waals surface area contributed by atoms with Crippen LogP contribution in [0.4, 0.5) is 0 Å². The molecule has 0 bridgehead atoms. The highest BCUT2D eigenvalue weighted by Crippen LogP contribution is 2.32. The van der Waals surface area contributed by atoms with Crippen molar-refractivity contribution in [2.45, 2.75) is 40.0 Å². The van der Waals surface area contributed by atoms with Gasteiger partial charge in [0.05, 0.1) is 11.7 Å². The molecule has 1 unspecified atom stereocenters. The number of ether oxygens (including phenoxy) is 2. The zero-order chi connectivity index (χ0) is 17.0. The highest BCUT2D eigenvalue weighted by Gasteiger charge is 2.26. The Kier molecular flexibility index (Phi) is 6.35. The van der Waals surface area contributed by atoms with Crippen molar-refractivity contribution in [3.05, 3.63) is 23.2 Å². The van der Waals surface area contributed by atoms with Crippen molar-refractivity contribution in [2.24, 2.45) is 11.7 Å². The lowest BCUT2D eigenvalue weighted by Crippen LogP contribution is -2.27. The van der Waals surface area contributed by atoms with Gasteiger partial charge in [0.1, 0.15) is 5.65 Å². The molecule has 0 aliphatic carbocycles. The van der Waals surface area contributed by atoms with Crippen molar-refractivity contribution in [3.8, 4) is 0 Å². The molecule has 128 valence electrons. The summed E-state index contributed by atoms with van der Waals surface area (Å²) in [6.07, 6.45) is 1.25. The third-order valence-corrected chi connectivity index (χ3v) is 3.98. The number of hydrogen-bond donors (Lipinski definition) is 1. The molecule has 23 heavy (non-hydrogen) atoms. The summed E-state index contributed by atoms with van der Waals surface area (Å²) >= 11 is 6.00. The highest BCUT2D eigenvalue weighted by molar-refractivity contribution is 6.28. The van der Waals surface area contributed by atoms with Crippen LogP contribution in [-0.4, -0.2) is 34.3 Å². The third-order valence-electron chi connectivity index (χ3n) is 3.80. The molecule has 6 nitrogen and oxygen atoms in total. The van der Waals surface area contributed by atoms with Crippen molar-refractivity contribution in [1.82, 2.24) is 14.5 Å². The summed E-state index contributed by atoms with van der Waals surface area (Å²) in [5, 5.41) is 1.11. The summed E-state index contributed by atoms with van der Waals surface area (Å²) in [6.45, 7) is 9.73. The van der Waals surface area contributed by atoms with Crippen molar-refractivity contribution >= 4 is 22.6 Å². The van der Waals surface area contributed by atoms with Gasteiger partial charge in [0.15, 0.2) is 6.29 Å². The Morgan fingerprint density at radius 2 is 1.91 bits per heavy atom. The van der Waals surface area contributed by atoms with Crippen LogP contribution < -0.4 is 5.73 Å². The van der Waals surface area contributed by atoms with Crippen molar-refractivity contribution in [2.75, 3.05) is 19.8 Å². The Labute approximate surface area is 141 Å². The Balaban J connectivity index is 2.66. The Hall–Kier alpha value is -1.21.